The Kier molecular flexibility index (Phi) is 9.84. The van der Waals surface area contributed by atoms with Gasteiger partial charge in [0, 0.05) is 23.4 Å². The Labute approximate surface area is 268 Å². The second kappa shape index (κ2) is 14.3. The lowest BCUT2D eigenvalue weighted by Gasteiger charge is -2.06. The zero-order valence-electron chi connectivity index (χ0n) is 25.2. The van der Waals surface area contributed by atoms with Gasteiger partial charge in [-0.1, -0.05) is 72.8 Å². The first-order valence-electron chi connectivity index (χ1n) is 14.0. The summed E-state index contributed by atoms with van der Waals surface area (Å²) in [5.41, 5.74) is 5.47. The number of anilines is 1. The highest BCUT2D eigenvalue weighted by molar-refractivity contribution is 7.18. The number of ether oxygens (including phenoxy) is 3. The van der Waals surface area contributed by atoms with Crippen molar-refractivity contribution in [2.24, 2.45) is 0 Å². The number of aromatic nitrogens is 2. The van der Waals surface area contributed by atoms with Crippen molar-refractivity contribution in [3.05, 3.63) is 119 Å². The average molecular weight is 636 g/mol. The number of para-hydroxylation sites is 1. The number of nitrogens with one attached hydrogen (secondary N) is 1. The van der Waals surface area contributed by atoms with E-state index in [9.17, 15) is 19.2 Å². The van der Waals surface area contributed by atoms with Crippen LogP contribution in [0.25, 0.3) is 34.1 Å². The molecule has 0 atom stereocenters. The zero-order chi connectivity index (χ0) is 32.6. The van der Waals surface area contributed by atoms with Crippen molar-refractivity contribution in [3.63, 3.8) is 0 Å². The van der Waals surface area contributed by atoms with Crippen LogP contribution in [0.15, 0.2) is 97.2 Å². The van der Waals surface area contributed by atoms with E-state index >= 15 is 0 Å². The third-order valence-corrected chi connectivity index (χ3v) is 8.12. The molecule has 1 N–H and O–H groups in total. The molecular weight excluding hydrogens is 606 g/mol. The van der Waals surface area contributed by atoms with Gasteiger partial charge in [-0.2, -0.15) is 5.10 Å². The van der Waals surface area contributed by atoms with Crippen molar-refractivity contribution in [1.82, 2.24) is 9.78 Å². The smallest absolute Gasteiger partial charge is 0.348 e. The Morgan fingerprint density at radius 3 is 2.09 bits per heavy atom. The van der Waals surface area contributed by atoms with Gasteiger partial charge in [0.15, 0.2) is 6.61 Å². The number of methoxy groups -OCH3 is 2. The highest BCUT2D eigenvalue weighted by atomic mass is 32.1. The molecule has 0 bridgehead atoms. The molecule has 2 heterocycles. The summed E-state index contributed by atoms with van der Waals surface area (Å²) in [6.07, 6.45) is 4.60. The quantitative estimate of drug-likeness (QED) is 0.107. The summed E-state index contributed by atoms with van der Waals surface area (Å²) in [7, 11) is 2.40. The molecule has 5 rings (SSSR count). The number of nitrogens with zero attached hydrogens (tertiary/aromatic N) is 2. The summed E-state index contributed by atoms with van der Waals surface area (Å²) in [6, 6.07) is 27.6. The van der Waals surface area contributed by atoms with Gasteiger partial charge < -0.3 is 19.5 Å². The van der Waals surface area contributed by atoms with Crippen molar-refractivity contribution >= 4 is 46.2 Å². The molecule has 5 aromatic rings. The maximum absolute atomic E-state index is 12.7. The molecule has 2 aromatic heterocycles. The number of esters is 3. The summed E-state index contributed by atoms with van der Waals surface area (Å²) in [5, 5.41) is 7.39. The Hall–Kier alpha value is -5.81. The van der Waals surface area contributed by atoms with E-state index in [0.29, 0.717) is 16.8 Å². The third-order valence-electron chi connectivity index (χ3n) is 6.93. The van der Waals surface area contributed by atoms with E-state index < -0.39 is 30.4 Å². The van der Waals surface area contributed by atoms with Gasteiger partial charge in [-0.15, -0.1) is 11.3 Å². The third kappa shape index (κ3) is 7.11. The molecule has 0 spiro atoms. The maximum Gasteiger partial charge on any atom is 0.348 e. The number of carbonyl (C=O) groups is 4. The molecule has 0 radical (unpaired) electrons. The molecule has 0 unspecified atom stereocenters. The molecule has 1 amide bonds. The molecule has 3 aromatic carbocycles. The van der Waals surface area contributed by atoms with Crippen LogP contribution in [0.5, 0.6) is 0 Å². The van der Waals surface area contributed by atoms with E-state index in [-0.39, 0.29) is 15.4 Å². The Bertz CT molecular complexity index is 1910. The lowest BCUT2D eigenvalue weighted by atomic mass is 10.0. The highest BCUT2D eigenvalue weighted by Crippen LogP contribution is 2.34. The summed E-state index contributed by atoms with van der Waals surface area (Å²) in [6.45, 7) is 0.909. The lowest BCUT2D eigenvalue weighted by molar-refractivity contribution is -0.142. The standard InChI is InChI=1S/C35H29N3O7S/c1-22-30(34(41)43-2)33(46-32(22)35(42)44-3)36-28(39)21-45-29(40)19-18-26-20-38(27-12-8-5-9-13-27)37-31(26)25-16-14-24(15-17-25)23-10-6-4-7-11-23/h4-20H,21H2,1-3H3,(H,36,39). The summed E-state index contributed by atoms with van der Waals surface area (Å²) < 4.78 is 16.4. The van der Waals surface area contributed by atoms with E-state index in [0.717, 1.165) is 33.7 Å². The van der Waals surface area contributed by atoms with Crippen molar-refractivity contribution in [3.8, 4) is 28.1 Å². The first-order valence-corrected chi connectivity index (χ1v) is 14.9. The SMILES string of the molecule is COC(=O)c1sc(NC(=O)COC(=O)C=Cc2cn(-c3ccccc3)nc2-c2ccc(-c3ccccc3)cc2)c(C(=O)OC)c1C. The molecule has 0 aliphatic heterocycles. The first kappa shape index (κ1) is 31.6. The second-order valence-corrected chi connectivity index (χ2v) is 10.9. The molecule has 0 saturated heterocycles. The Morgan fingerprint density at radius 2 is 1.43 bits per heavy atom. The molecule has 46 heavy (non-hydrogen) atoms. The summed E-state index contributed by atoms with van der Waals surface area (Å²) >= 11 is 0.861. The highest BCUT2D eigenvalue weighted by Gasteiger charge is 2.27. The number of hydrogen-bond donors (Lipinski definition) is 1. The maximum atomic E-state index is 12.7. The molecule has 11 heteroatoms. The van der Waals surface area contributed by atoms with E-state index in [1.165, 1.54) is 20.3 Å². The number of hydrogen-bond acceptors (Lipinski definition) is 9. The van der Waals surface area contributed by atoms with Gasteiger partial charge in [-0.05, 0) is 41.8 Å². The summed E-state index contributed by atoms with van der Waals surface area (Å²) in [5.74, 6) is -2.87. The van der Waals surface area contributed by atoms with Gasteiger partial charge in [0.25, 0.3) is 5.91 Å². The van der Waals surface area contributed by atoms with Crippen molar-refractivity contribution in [2.75, 3.05) is 26.1 Å². The van der Waals surface area contributed by atoms with Gasteiger partial charge >= 0.3 is 17.9 Å². The predicted molar refractivity (Wildman–Crippen MR) is 175 cm³/mol. The Morgan fingerprint density at radius 1 is 0.826 bits per heavy atom. The van der Waals surface area contributed by atoms with Gasteiger partial charge in [0.2, 0.25) is 0 Å². The minimum atomic E-state index is -0.765. The van der Waals surface area contributed by atoms with Gasteiger partial charge in [-0.25, -0.2) is 19.1 Å². The van der Waals surface area contributed by atoms with Crippen LogP contribution in [0.4, 0.5) is 5.00 Å². The average Bonchev–Trinajstić information content (AvgIpc) is 3.67. The van der Waals surface area contributed by atoms with Crippen LogP contribution in [0.3, 0.4) is 0 Å². The minimum Gasteiger partial charge on any atom is -0.465 e. The topological polar surface area (TPSA) is 126 Å². The van der Waals surface area contributed by atoms with Crippen LogP contribution in [0, 0.1) is 6.92 Å². The van der Waals surface area contributed by atoms with Crippen LogP contribution in [-0.4, -0.2) is 54.4 Å². The van der Waals surface area contributed by atoms with Crippen LogP contribution < -0.4 is 5.32 Å². The molecule has 10 nitrogen and oxygen atoms in total. The van der Waals surface area contributed by atoms with Crippen LogP contribution >= 0.6 is 11.3 Å². The van der Waals surface area contributed by atoms with Crippen molar-refractivity contribution in [2.45, 2.75) is 6.92 Å². The zero-order valence-corrected chi connectivity index (χ0v) is 26.0. The van der Waals surface area contributed by atoms with Gasteiger partial charge in [0.1, 0.15) is 9.88 Å². The second-order valence-electron chi connectivity index (χ2n) is 9.89. The molecule has 0 aliphatic rings. The van der Waals surface area contributed by atoms with Crippen LogP contribution in [0.2, 0.25) is 0 Å². The predicted octanol–water partition coefficient (Wildman–Crippen LogP) is 6.34. The van der Waals surface area contributed by atoms with Crippen LogP contribution in [0.1, 0.15) is 31.2 Å². The fourth-order valence-corrected chi connectivity index (χ4v) is 5.77. The van der Waals surface area contributed by atoms with Crippen LogP contribution in [-0.2, 0) is 23.8 Å². The number of benzene rings is 3. The lowest BCUT2D eigenvalue weighted by Crippen LogP contribution is -2.21. The number of carbonyl (C=O) groups excluding carboxylic acids is 4. The largest absolute Gasteiger partial charge is 0.465 e. The molecule has 232 valence electrons. The fraction of sp³-hybridized carbons (Fsp3) is 0.114. The van der Waals surface area contributed by atoms with E-state index in [4.69, 9.17) is 19.3 Å². The van der Waals surface area contributed by atoms with Crippen molar-refractivity contribution < 1.29 is 33.4 Å². The molecular formula is C35H29N3O7S. The van der Waals surface area contributed by atoms with E-state index in [1.807, 2.05) is 84.9 Å². The number of amides is 1. The normalized spacial score (nSPS) is 10.8. The molecule has 0 saturated carbocycles. The van der Waals surface area contributed by atoms with Crippen molar-refractivity contribution in [1.29, 1.82) is 0 Å². The monoisotopic (exact) mass is 635 g/mol. The first-order chi connectivity index (χ1) is 22.3. The van der Waals surface area contributed by atoms with E-state index in [2.05, 4.69) is 5.32 Å². The van der Waals surface area contributed by atoms with E-state index in [1.54, 1.807) is 23.9 Å². The van der Waals surface area contributed by atoms with Gasteiger partial charge in [-0.3, -0.25) is 4.79 Å². The molecule has 0 fully saturated rings. The fourth-order valence-electron chi connectivity index (χ4n) is 4.64. The Balaban J connectivity index is 1.32. The molecule has 0 aliphatic carbocycles. The number of thiophene rings is 1. The number of rotatable bonds is 10. The minimum absolute atomic E-state index is 0.0206. The van der Waals surface area contributed by atoms with Gasteiger partial charge in [0.05, 0.1) is 31.2 Å². The summed E-state index contributed by atoms with van der Waals surface area (Å²) in [4.78, 5) is 49.9.